The van der Waals surface area contributed by atoms with E-state index in [4.69, 9.17) is 4.74 Å². The van der Waals surface area contributed by atoms with Gasteiger partial charge in [-0.2, -0.15) is 5.26 Å². The van der Waals surface area contributed by atoms with Crippen LogP contribution in [0.1, 0.15) is 21.8 Å². The number of carbonyl (C=O) groups is 1. The Morgan fingerprint density at radius 1 is 1.33 bits per heavy atom. The Balaban J connectivity index is 2.37. The number of carbonyl (C=O) groups excluding carboxylic acids is 1. The molecular formula is C16H11BrFNO2. The molecule has 2 rings (SSSR count). The number of hydrogen-bond acceptors (Lipinski definition) is 3. The first-order valence-corrected chi connectivity index (χ1v) is 6.89. The quantitative estimate of drug-likeness (QED) is 0.782. The first kappa shape index (κ1) is 15.2. The van der Waals surface area contributed by atoms with Crippen LogP contribution in [0.25, 0.3) is 0 Å². The van der Waals surface area contributed by atoms with Gasteiger partial charge in [-0.1, -0.05) is 12.1 Å². The molecule has 0 radical (unpaired) electrons. The smallest absolute Gasteiger partial charge is 0.184 e. The van der Waals surface area contributed by atoms with Crippen molar-refractivity contribution in [3.63, 3.8) is 0 Å². The van der Waals surface area contributed by atoms with Crippen LogP contribution in [0.4, 0.5) is 4.39 Å². The molecule has 0 saturated carbocycles. The highest BCUT2D eigenvalue weighted by Crippen LogP contribution is 2.28. The van der Waals surface area contributed by atoms with Crippen LogP contribution in [0.5, 0.6) is 5.75 Å². The number of nitrogens with zero attached hydrogens (tertiary/aromatic N) is 1. The van der Waals surface area contributed by atoms with Crippen molar-refractivity contribution in [3.05, 3.63) is 63.9 Å². The maximum atomic E-state index is 13.2. The van der Waals surface area contributed by atoms with Crippen LogP contribution in [0, 0.1) is 17.1 Å². The summed E-state index contributed by atoms with van der Waals surface area (Å²) in [4.78, 5) is 12.4. The highest BCUT2D eigenvalue weighted by molar-refractivity contribution is 9.10. The maximum absolute atomic E-state index is 13.2. The molecule has 1 atom stereocenters. The monoisotopic (exact) mass is 347 g/mol. The molecule has 0 aliphatic rings. The lowest BCUT2D eigenvalue weighted by molar-refractivity contribution is 0.0978. The van der Waals surface area contributed by atoms with Gasteiger partial charge in [-0.05, 0) is 51.8 Å². The van der Waals surface area contributed by atoms with E-state index in [1.54, 1.807) is 24.3 Å². The summed E-state index contributed by atoms with van der Waals surface area (Å²) in [7, 11) is 1.52. The molecule has 0 amide bonds. The fraction of sp³-hybridized carbons (Fsp3) is 0.125. The molecule has 0 fully saturated rings. The number of Topliss-reactive ketones (excluding diaryl/α,β-unsaturated/α-hetero) is 1. The minimum absolute atomic E-state index is 0.342. The van der Waals surface area contributed by atoms with Gasteiger partial charge in [0.1, 0.15) is 17.5 Å². The van der Waals surface area contributed by atoms with E-state index in [2.05, 4.69) is 15.9 Å². The van der Waals surface area contributed by atoms with Crippen LogP contribution in [-0.4, -0.2) is 12.9 Å². The molecule has 0 aliphatic carbocycles. The normalized spacial score (nSPS) is 11.5. The topological polar surface area (TPSA) is 50.1 Å². The van der Waals surface area contributed by atoms with E-state index < -0.39 is 11.7 Å². The second-order valence-corrected chi connectivity index (χ2v) is 5.19. The zero-order valence-electron chi connectivity index (χ0n) is 11.1. The standard InChI is InChI=1S/C16H11BrFNO2/c1-21-15-6-5-11(8-14(15)17)16(20)13(9-19)10-3-2-4-12(18)7-10/h2-8,13H,1H3. The number of ether oxygens (including phenoxy) is 1. The lowest BCUT2D eigenvalue weighted by atomic mass is 9.92. The molecule has 0 aromatic heterocycles. The molecule has 0 heterocycles. The van der Waals surface area contributed by atoms with Gasteiger partial charge in [0.15, 0.2) is 5.78 Å². The number of halogens is 2. The Labute approximate surface area is 130 Å². The Morgan fingerprint density at radius 2 is 2.10 bits per heavy atom. The Kier molecular flexibility index (Phi) is 4.71. The SMILES string of the molecule is COc1ccc(C(=O)C(C#N)c2cccc(F)c2)cc1Br. The van der Waals surface area contributed by atoms with Crippen LogP contribution >= 0.6 is 15.9 Å². The van der Waals surface area contributed by atoms with Gasteiger partial charge in [0.2, 0.25) is 0 Å². The first-order chi connectivity index (χ1) is 10.1. The van der Waals surface area contributed by atoms with Gasteiger partial charge in [0, 0.05) is 5.56 Å². The van der Waals surface area contributed by atoms with Crippen LogP contribution in [0.3, 0.4) is 0 Å². The highest BCUT2D eigenvalue weighted by atomic mass is 79.9. The van der Waals surface area contributed by atoms with E-state index in [1.807, 2.05) is 6.07 Å². The molecular weight excluding hydrogens is 337 g/mol. The van der Waals surface area contributed by atoms with Crippen molar-refractivity contribution in [2.75, 3.05) is 7.11 Å². The molecule has 0 aliphatic heterocycles. The summed E-state index contributed by atoms with van der Waals surface area (Å²) in [6.07, 6.45) is 0. The summed E-state index contributed by atoms with van der Waals surface area (Å²) < 4.78 is 19.0. The van der Waals surface area contributed by atoms with Gasteiger partial charge in [-0.15, -0.1) is 0 Å². The van der Waals surface area contributed by atoms with Gasteiger partial charge < -0.3 is 4.74 Å². The summed E-state index contributed by atoms with van der Waals surface area (Å²) >= 11 is 3.29. The Morgan fingerprint density at radius 3 is 2.67 bits per heavy atom. The number of ketones is 1. The molecule has 0 saturated heterocycles. The average Bonchev–Trinajstić information content (AvgIpc) is 2.48. The number of rotatable bonds is 4. The summed E-state index contributed by atoms with van der Waals surface area (Å²) in [6.45, 7) is 0. The number of hydrogen-bond donors (Lipinski definition) is 0. The lowest BCUT2D eigenvalue weighted by Crippen LogP contribution is -2.11. The maximum Gasteiger partial charge on any atom is 0.184 e. The zero-order chi connectivity index (χ0) is 15.4. The van der Waals surface area contributed by atoms with Crippen molar-refractivity contribution in [3.8, 4) is 11.8 Å². The van der Waals surface area contributed by atoms with Crippen LogP contribution < -0.4 is 4.74 Å². The fourth-order valence-electron chi connectivity index (χ4n) is 1.96. The van der Waals surface area contributed by atoms with Crippen LogP contribution in [0.15, 0.2) is 46.9 Å². The van der Waals surface area contributed by atoms with Crippen molar-refractivity contribution in [2.24, 2.45) is 0 Å². The molecule has 2 aromatic rings. The summed E-state index contributed by atoms with van der Waals surface area (Å²) in [5.74, 6) is -1.31. The summed E-state index contributed by atoms with van der Waals surface area (Å²) in [5, 5.41) is 9.24. The third kappa shape index (κ3) is 3.29. The van der Waals surface area contributed by atoms with Crippen molar-refractivity contribution in [1.82, 2.24) is 0 Å². The molecule has 5 heteroatoms. The Hall–Kier alpha value is -2.19. The molecule has 3 nitrogen and oxygen atoms in total. The van der Waals surface area contributed by atoms with E-state index in [9.17, 15) is 14.4 Å². The van der Waals surface area contributed by atoms with Gasteiger partial charge in [0.05, 0.1) is 17.7 Å². The number of benzene rings is 2. The number of nitriles is 1. The van der Waals surface area contributed by atoms with Crippen molar-refractivity contribution in [2.45, 2.75) is 5.92 Å². The van der Waals surface area contributed by atoms with E-state index in [0.717, 1.165) is 0 Å². The van der Waals surface area contributed by atoms with Gasteiger partial charge >= 0.3 is 0 Å². The summed E-state index contributed by atoms with van der Waals surface area (Å²) in [6, 6.07) is 12.2. The molecule has 0 bridgehead atoms. The largest absolute Gasteiger partial charge is 0.496 e. The van der Waals surface area contributed by atoms with Crippen molar-refractivity contribution >= 4 is 21.7 Å². The molecule has 106 valence electrons. The van der Waals surface area contributed by atoms with Gasteiger partial charge in [0.25, 0.3) is 0 Å². The zero-order valence-corrected chi connectivity index (χ0v) is 12.7. The predicted octanol–water partition coefficient (Wildman–Crippen LogP) is 4.09. The highest BCUT2D eigenvalue weighted by Gasteiger charge is 2.22. The van der Waals surface area contributed by atoms with Crippen molar-refractivity contribution in [1.29, 1.82) is 5.26 Å². The third-order valence-corrected chi connectivity index (χ3v) is 3.63. The lowest BCUT2D eigenvalue weighted by Gasteiger charge is -2.10. The van der Waals surface area contributed by atoms with Gasteiger partial charge in [-0.25, -0.2) is 4.39 Å². The molecule has 21 heavy (non-hydrogen) atoms. The van der Waals surface area contributed by atoms with Crippen molar-refractivity contribution < 1.29 is 13.9 Å². The van der Waals surface area contributed by atoms with Crippen LogP contribution in [-0.2, 0) is 0 Å². The third-order valence-electron chi connectivity index (χ3n) is 3.01. The first-order valence-electron chi connectivity index (χ1n) is 6.09. The van der Waals surface area contributed by atoms with E-state index in [-0.39, 0.29) is 5.78 Å². The molecule has 2 aromatic carbocycles. The predicted molar refractivity (Wildman–Crippen MR) is 79.8 cm³/mol. The molecule has 0 spiro atoms. The van der Waals surface area contributed by atoms with Crippen LogP contribution in [0.2, 0.25) is 0 Å². The van der Waals surface area contributed by atoms with E-state index in [0.29, 0.717) is 21.3 Å². The second kappa shape index (κ2) is 6.51. The minimum atomic E-state index is -1.04. The van der Waals surface area contributed by atoms with E-state index in [1.165, 1.54) is 25.3 Å². The molecule has 1 unspecified atom stereocenters. The average molecular weight is 348 g/mol. The van der Waals surface area contributed by atoms with Gasteiger partial charge in [-0.3, -0.25) is 4.79 Å². The Bertz CT molecular complexity index is 724. The molecule has 0 N–H and O–H groups in total. The second-order valence-electron chi connectivity index (χ2n) is 4.33. The van der Waals surface area contributed by atoms with E-state index >= 15 is 0 Å². The fourth-order valence-corrected chi connectivity index (χ4v) is 2.50. The number of methoxy groups -OCH3 is 1. The summed E-state index contributed by atoms with van der Waals surface area (Å²) in [5.41, 5.74) is 0.702. The minimum Gasteiger partial charge on any atom is -0.496 e.